The van der Waals surface area contributed by atoms with Crippen LogP contribution in [0, 0.1) is 5.82 Å². The number of carbonyl (C=O) groups excluding carboxylic acids is 1. The third-order valence-corrected chi connectivity index (χ3v) is 4.66. The molecule has 0 radical (unpaired) electrons. The highest BCUT2D eigenvalue weighted by Crippen LogP contribution is 2.29. The molecule has 1 N–H and O–H groups in total. The lowest BCUT2D eigenvalue weighted by atomic mass is 10.1. The van der Waals surface area contributed by atoms with Gasteiger partial charge in [-0.2, -0.15) is 5.10 Å². The van der Waals surface area contributed by atoms with Crippen molar-refractivity contribution >= 4 is 28.1 Å². The number of nitrogens with one attached hydrogen (secondary N) is 1. The Bertz CT molecular complexity index is 961. The molecular formula is C20H20FN3O2. The third kappa shape index (κ3) is 3.20. The van der Waals surface area contributed by atoms with Crippen molar-refractivity contribution in [2.24, 2.45) is 0 Å². The number of rotatable bonds is 4. The average Bonchev–Trinajstić information content (AvgIpc) is 3.07. The third-order valence-electron chi connectivity index (χ3n) is 4.66. The zero-order valence-corrected chi connectivity index (χ0v) is 14.5. The molecule has 0 aliphatic carbocycles. The van der Waals surface area contributed by atoms with E-state index in [9.17, 15) is 9.18 Å². The Labute approximate surface area is 150 Å². The molecule has 6 heteroatoms. The van der Waals surface area contributed by atoms with Crippen LogP contribution in [0.1, 0.15) is 42.8 Å². The molecule has 3 aromatic rings. The number of hydrogen-bond donors (Lipinski definition) is 1. The van der Waals surface area contributed by atoms with E-state index < -0.39 is 5.82 Å². The first-order chi connectivity index (χ1) is 12.6. The second-order valence-corrected chi connectivity index (χ2v) is 6.56. The molecule has 1 saturated heterocycles. The van der Waals surface area contributed by atoms with Crippen LogP contribution in [-0.4, -0.2) is 22.2 Å². The Balaban J connectivity index is 1.65. The maximum absolute atomic E-state index is 13.7. The maximum Gasteiger partial charge on any atom is 0.162 e. The largest absolute Gasteiger partial charge is 0.356 e. The molecule has 2 heterocycles. The van der Waals surface area contributed by atoms with E-state index in [0.717, 1.165) is 42.5 Å². The first-order valence-corrected chi connectivity index (χ1v) is 8.78. The molecule has 5 nitrogen and oxygen atoms in total. The molecule has 2 aromatic carbocycles. The highest BCUT2D eigenvalue weighted by atomic mass is 19.1. The van der Waals surface area contributed by atoms with E-state index in [4.69, 9.17) is 4.74 Å². The van der Waals surface area contributed by atoms with E-state index in [-0.39, 0.29) is 17.6 Å². The van der Waals surface area contributed by atoms with Crippen molar-refractivity contribution in [1.82, 2.24) is 9.78 Å². The number of ketones is 1. The van der Waals surface area contributed by atoms with Crippen LogP contribution < -0.4 is 5.32 Å². The standard InChI is InChI=1S/C20H20FN3O2/c1-13(25)17-10-15(7-8-18(17)21)23-16-6-5-14-12-22-24(19(14)11-16)20-4-2-3-9-26-20/h5-8,10-12,20,23H,2-4,9H2,1H3. The van der Waals surface area contributed by atoms with Crippen LogP contribution in [0.15, 0.2) is 42.6 Å². The number of aromatic nitrogens is 2. The summed E-state index contributed by atoms with van der Waals surface area (Å²) in [6.45, 7) is 2.12. The van der Waals surface area contributed by atoms with Gasteiger partial charge in [0.2, 0.25) is 0 Å². The van der Waals surface area contributed by atoms with Gasteiger partial charge in [0, 0.05) is 23.4 Å². The number of fused-ring (bicyclic) bond motifs is 1. The van der Waals surface area contributed by atoms with Gasteiger partial charge >= 0.3 is 0 Å². The fourth-order valence-electron chi connectivity index (χ4n) is 3.30. The summed E-state index contributed by atoms with van der Waals surface area (Å²) >= 11 is 0. The van der Waals surface area contributed by atoms with E-state index in [1.165, 1.54) is 19.1 Å². The van der Waals surface area contributed by atoms with Gasteiger partial charge in [-0.15, -0.1) is 0 Å². The van der Waals surface area contributed by atoms with Gasteiger partial charge in [-0.1, -0.05) is 0 Å². The van der Waals surface area contributed by atoms with Gasteiger partial charge in [0.15, 0.2) is 12.0 Å². The van der Waals surface area contributed by atoms with Crippen LogP contribution in [0.25, 0.3) is 10.9 Å². The molecule has 1 aliphatic rings. The number of Topliss-reactive ketones (excluding diaryl/α,β-unsaturated/α-hetero) is 1. The van der Waals surface area contributed by atoms with Crippen LogP contribution in [0.3, 0.4) is 0 Å². The Kier molecular flexibility index (Phi) is 4.42. The lowest BCUT2D eigenvalue weighted by molar-refractivity contribution is -0.0366. The molecule has 0 saturated carbocycles. The lowest BCUT2D eigenvalue weighted by Gasteiger charge is -2.23. The predicted molar refractivity (Wildman–Crippen MR) is 98.3 cm³/mol. The Morgan fingerprint density at radius 1 is 1.23 bits per heavy atom. The molecule has 1 aliphatic heterocycles. The Hall–Kier alpha value is -2.73. The SMILES string of the molecule is CC(=O)c1cc(Nc2ccc3cnn(C4CCCCO4)c3c2)ccc1F. The fourth-order valence-corrected chi connectivity index (χ4v) is 3.30. The molecule has 1 unspecified atom stereocenters. The van der Waals surface area contributed by atoms with Gasteiger partial charge in [0.05, 0.1) is 17.3 Å². The Morgan fingerprint density at radius 3 is 2.81 bits per heavy atom. The highest BCUT2D eigenvalue weighted by molar-refractivity contribution is 5.95. The summed E-state index contributed by atoms with van der Waals surface area (Å²) in [5, 5.41) is 8.76. The number of carbonyl (C=O) groups is 1. The van der Waals surface area contributed by atoms with Crippen molar-refractivity contribution in [3.8, 4) is 0 Å². The molecular weight excluding hydrogens is 333 g/mol. The summed E-state index contributed by atoms with van der Waals surface area (Å²) in [6, 6.07) is 10.4. The van der Waals surface area contributed by atoms with Gasteiger partial charge in [-0.05, 0) is 62.6 Å². The summed E-state index contributed by atoms with van der Waals surface area (Å²) in [4.78, 5) is 11.5. The van der Waals surface area contributed by atoms with Crippen molar-refractivity contribution in [2.75, 3.05) is 11.9 Å². The van der Waals surface area contributed by atoms with Gasteiger partial charge < -0.3 is 10.1 Å². The maximum atomic E-state index is 13.7. The minimum Gasteiger partial charge on any atom is -0.356 e. The molecule has 0 spiro atoms. The number of anilines is 2. The number of hydrogen-bond acceptors (Lipinski definition) is 4. The highest BCUT2D eigenvalue weighted by Gasteiger charge is 2.18. The first kappa shape index (κ1) is 16.7. The quantitative estimate of drug-likeness (QED) is 0.683. The van der Waals surface area contributed by atoms with Crippen LogP contribution in [0.2, 0.25) is 0 Å². The van der Waals surface area contributed by atoms with Gasteiger partial charge in [0.25, 0.3) is 0 Å². The molecule has 1 atom stereocenters. The lowest BCUT2D eigenvalue weighted by Crippen LogP contribution is -2.18. The van der Waals surface area contributed by atoms with Crippen molar-refractivity contribution in [2.45, 2.75) is 32.4 Å². The molecule has 134 valence electrons. The number of ether oxygens (including phenoxy) is 1. The van der Waals surface area contributed by atoms with Gasteiger partial charge in [-0.25, -0.2) is 9.07 Å². The van der Waals surface area contributed by atoms with E-state index >= 15 is 0 Å². The van der Waals surface area contributed by atoms with Crippen molar-refractivity contribution in [1.29, 1.82) is 0 Å². The van der Waals surface area contributed by atoms with Crippen LogP contribution in [-0.2, 0) is 4.74 Å². The van der Waals surface area contributed by atoms with E-state index in [2.05, 4.69) is 10.4 Å². The van der Waals surface area contributed by atoms with E-state index in [0.29, 0.717) is 5.69 Å². The van der Waals surface area contributed by atoms with Crippen LogP contribution in [0.4, 0.5) is 15.8 Å². The second-order valence-electron chi connectivity index (χ2n) is 6.56. The van der Waals surface area contributed by atoms with Gasteiger partial charge in [-0.3, -0.25) is 4.79 Å². The van der Waals surface area contributed by atoms with Crippen molar-refractivity contribution in [3.05, 3.63) is 54.0 Å². The predicted octanol–water partition coefficient (Wildman–Crippen LogP) is 4.82. The minimum absolute atomic E-state index is 0.0355. The van der Waals surface area contributed by atoms with Gasteiger partial charge in [0.1, 0.15) is 5.82 Å². The smallest absolute Gasteiger partial charge is 0.162 e. The average molecular weight is 353 g/mol. The molecule has 1 fully saturated rings. The topological polar surface area (TPSA) is 56.2 Å². The monoisotopic (exact) mass is 353 g/mol. The first-order valence-electron chi connectivity index (χ1n) is 8.78. The molecule has 0 amide bonds. The molecule has 26 heavy (non-hydrogen) atoms. The molecule has 4 rings (SSSR count). The summed E-state index contributed by atoms with van der Waals surface area (Å²) in [5.41, 5.74) is 2.57. The summed E-state index contributed by atoms with van der Waals surface area (Å²) in [7, 11) is 0. The number of halogens is 1. The normalized spacial score (nSPS) is 17.4. The van der Waals surface area contributed by atoms with Crippen LogP contribution >= 0.6 is 0 Å². The molecule has 1 aromatic heterocycles. The zero-order valence-electron chi connectivity index (χ0n) is 14.5. The summed E-state index contributed by atoms with van der Waals surface area (Å²) < 4.78 is 21.5. The zero-order chi connectivity index (χ0) is 18.1. The minimum atomic E-state index is -0.508. The van der Waals surface area contributed by atoms with Crippen molar-refractivity contribution < 1.29 is 13.9 Å². The second kappa shape index (κ2) is 6.88. The Morgan fingerprint density at radius 2 is 2.04 bits per heavy atom. The summed E-state index contributed by atoms with van der Waals surface area (Å²) in [6.07, 6.45) is 4.97. The summed E-state index contributed by atoms with van der Waals surface area (Å²) in [5.74, 6) is -0.805. The molecule has 0 bridgehead atoms. The van der Waals surface area contributed by atoms with Crippen LogP contribution in [0.5, 0.6) is 0 Å². The number of benzene rings is 2. The fraction of sp³-hybridized carbons (Fsp3) is 0.300. The van der Waals surface area contributed by atoms with E-state index in [1.807, 2.05) is 29.1 Å². The van der Waals surface area contributed by atoms with Crippen molar-refractivity contribution in [3.63, 3.8) is 0 Å². The number of nitrogens with zero attached hydrogens (tertiary/aromatic N) is 2. The van der Waals surface area contributed by atoms with E-state index in [1.54, 1.807) is 6.07 Å².